The highest BCUT2D eigenvalue weighted by Crippen LogP contribution is 2.26. The molecule has 0 N–H and O–H groups in total. The number of hydrogen-bond acceptors (Lipinski definition) is 4. The van der Waals surface area contributed by atoms with Gasteiger partial charge in [-0.15, -0.1) is 0 Å². The first-order valence-corrected chi connectivity index (χ1v) is 8.60. The first-order chi connectivity index (χ1) is 11.6. The van der Waals surface area contributed by atoms with E-state index in [1.165, 1.54) is 16.8 Å². The molecule has 0 bridgehead atoms. The summed E-state index contributed by atoms with van der Waals surface area (Å²) in [7, 11) is 1.69. The van der Waals surface area contributed by atoms with Gasteiger partial charge in [-0.25, -0.2) is 4.99 Å². The molecule has 0 aromatic heterocycles. The van der Waals surface area contributed by atoms with Crippen molar-refractivity contribution in [2.24, 2.45) is 4.99 Å². The van der Waals surface area contributed by atoms with Gasteiger partial charge in [0.1, 0.15) is 0 Å². The maximum atomic E-state index is 12.6. The van der Waals surface area contributed by atoms with E-state index in [0.29, 0.717) is 16.3 Å². The van der Waals surface area contributed by atoms with Crippen molar-refractivity contribution in [2.75, 3.05) is 12.8 Å². The molecule has 3 rings (SSSR count). The van der Waals surface area contributed by atoms with E-state index >= 15 is 0 Å². The van der Waals surface area contributed by atoms with Crippen LogP contribution in [-0.4, -0.2) is 39.8 Å². The number of para-hydroxylation sites is 1. The van der Waals surface area contributed by atoms with Crippen molar-refractivity contribution in [3.63, 3.8) is 0 Å². The van der Waals surface area contributed by atoms with E-state index in [1.807, 2.05) is 37.3 Å². The Morgan fingerprint density at radius 2 is 1.54 bits per heavy atom. The highest BCUT2D eigenvalue weighted by molar-refractivity contribution is 8.13. The summed E-state index contributed by atoms with van der Waals surface area (Å²) < 4.78 is 0. The van der Waals surface area contributed by atoms with E-state index < -0.39 is 0 Å². The molecular formula is C18H17N3O2S. The first-order valence-electron chi connectivity index (χ1n) is 7.61. The smallest absolute Gasteiger partial charge is 0.267 e. The van der Waals surface area contributed by atoms with E-state index in [0.717, 1.165) is 16.4 Å². The maximum Gasteiger partial charge on any atom is 0.280 e. The van der Waals surface area contributed by atoms with Crippen LogP contribution >= 0.6 is 11.8 Å². The number of hydrazine groups is 1. The summed E-state index contributed by atoms with van der Waals surface area (Å²) in [5, 5.41) is 3.28. The molecule has 2 amide bonds. The monoisotopic (exact) mass is 339 g/mol. The van der Waals surface area contributed by atoms with Gasteiger partial charge in [0.2, 0.25) is 0 Å². The van der Waals surface area contributed by atoms with Crippen LogP contribution in [0.5, 0.6) is 0 Å². The second-order valence-corrected chi connectivity index (χ2v) is 6.39. The van der Waals surface area contributed by atoms with Crippen molar-refractivity contribution in [2.45, 2.75) is 6.92 Å². The Labute approximate surface area is 145 Å². The lowest BCUT2D eigenvalue weighted by molar-refractivity contribution is 0.0369. The summed E-state index contributed by atoms with van der Waals surface area (Å²) in [6.07, 6.45) is 0. The molecule has 0 radical (unpaired) electrons. The van der Waals surface area contributed by atoms with Gasteiger partial charge in [-0.2, -0.15) is 5.01 Å². The fraction of sp³-hybridized carbons (Fsp3) is 0.167. The molecule has 0 aliphatic carbocycles. The third-order valence-electron chi connectivity index (χ3n) is 3.60. The van der Waals surface area contributed by atoms with E-state index in [1.54, 1.807) is 31.3 Å². The van der Waals surface area contributed by atoms with Crippen molar-refractivity contribution < 1.29 is 9.59 Å². The molecule has 6 heteroatoms. The van der Waals surface area contributed by atoms with Gasteiger partial charge in [0, 0.05) is 7.05 Å². The highest BCUT2D eigenvalue weighted by atomic mass is 32.2. The van der Waals surface area contributed by atoms with Crippen molar-refractivity contribution in [3.05, 3.63) is 65.7 Å². The molecular weight excluding hydrogens is 322 g/mol. The summed E-state index contributed by atoms with van der Waals surface area (Å²) in [4.78, 5) is 29.8. The number of amides is 2. The molecule has 5 nitrogen and oxygen atoms in total. The molecule has 0 unspecified atom stereocenters. The predicted molar refractivity (Wildman–Crippen MR) is 96.4 cm³/mol. The molecule has 0 saturated carbocycles. The number of amidine groups is 1. The van der Waals surface area contributed by atoms with Gasteiger partial charge in [-0.1, -0.05) is 49.0 Å². The molecule has 0 spiro atoms. The first kappa shape index (κ1) is 16.3. The minimum Gasteiger partial charge on any atom is -0.267 e. The van der Waals surface area contributed by atoms with Gasteiger partial charge in [0.25, 0.3) is 11.8 Å². The van der Waals surface area contributed by atoms with Crippen molar-refractivity contribution in [3.8, 4) is 0 Å². The van der Waals surface area contributed by atoms with Crippen LogP contribution in [-0.2, 0) is 0 Å². The lowest BCUT2D eigenvalue weighted by Crippen LogP contribution is -2.46. The van der Waals surface area contributed by atoms with Gasteiger partial charge in [-0.3, -0.25) is 14.6 Å². The van der Waals surface area contributed by atoms with Crippen molar-refractivity contribution in [1.29, 1.82) is 0 Å². The van der Waals surface area contributed by atoms with E-state index in [9.17, 15) is 9.59 Å². The average molecular weight is 339 g/mol. The number of nitrogens with zero attached hydrogens (tertiary/aromatic N) is 3. The Hall–Kier alpha value is -2.60. The lowest BCUT2D eigenvalue weighted by atomic mass is 10.1. The van der Waals surface area contributed by atoms with Crippen molar-refractivity contribution in [1.82, 2.24) is 10.0 Å². The van der Waals surface area contributed by atoms with E-state index in [-0.39, 0.29) is 11.8 Å². The number of imide groups is 1. The van der Waals surface area contributed by atoms with Crippen LogP contribution in [0.4, 0.5) is 5.69 Å². The quantitative estimate of drug-likeness (QED) is 0.487. The minimum absolute atomic E-state index is 0.324. The number of carbonyl (C=O) groups is 2. The highest BCUT2D eigenvalue weighted by Gasteiger charge is 2.39. The normalized spacial score (nSPS) is 14.1. The van der Waals surface area contributed by atoms with Gasteiger partial charge in [-0.05, 0) is 30.0 Å². The van der Waals surface area contributed by atoms with Gasteiger partial charge in [0.15, 0.2) is 5.17 Å². The molecule has 24 heavy (non-hydrogen) atoms. The number of carbonyl (C=O) groups excluding carboxylic acids is 2. The molecule has 0 fully saturated rings. The van der Waals surface area contributed by atoms with Crippen LogP contribution in [0.15, 0.2) is 59.6 Å². The molecule has 2 aromatic carbocycles. The average Bonchev–Trinajstić information content (AvgIpc) is 2.86. The molecule has 1 aliphatic heterocycles. The largest absolute Gasteiger partial charge is 0.280 e. The fourth-order valence-electron chi connectivity index (χ4n) is 2.47. The summed E-state index contributed by atoms with van der Waals surface area (Å²) in [5.41, 5.74) is 1.63. The summed E-state index contributed by atoms with van der Waals surface area (Å²) in [5.74, 6) is 0.130. The number of benzene rings is 2. The second-order valence-electron chi connectivity index (χ2n) is 5.15. The number of thioether (sulfide) groups is 1. The fourth-order valence-corrected chi connectivity index (χ4v) is 3.17. The predicted octanol–water partition coefficient (Wildman–Crippen LogP) is 3.57. The van der Waals surface area contributed by atoms with Gasteiger partial charge < -0.3 is 0 Å². The zero-order chi connectivity index (χ0) is 17.1. The number of fused-ring (bicyclic) bond motifs is 1. The Morgan fingerprint density at radius 3 is 2.08 bits per heavy atom. The topological polar surface area (TPSA) is 53.0 Å². The Morgan fingerprint density at radius 1 is 1.00 bits per heavy atom. The van der Waals surface area contributed by atoms with Gasteiger partial charge in [0.05, 0.1) is 16.8 Å². The molecule has 0 saturated heterocycles. The Balaban J connectivity index is 1.95. The third kappa shape index (κ3) is 2.92. The van der Waals surface area contributed by atoms with Gasteiger partial charge >= 0.3 is 0 Å². The lowest BCUT2D eigenvalue weighted by Gasteiger charge is -2.28. The summed E-state index contributed by atoms with van der Waals surface area (Å²) in [6.45, 7) is 2.00. The number of hydrogen-bond donors (Lipinski definition) is 0. The zero-order valence-corrected chi connectivity index (χ0v) is 14.3. The zero-order valence-electron chi connectivity index (χ0n) is 13.5. The minimum atomic E-state index is -0.324. The van der Waals surface area contributed by atoms with Crippen LogP contribution in [0, 0.1) is 0 Å². The Kier molecular flexibility index (Phi) is 4.66. The molecule has 0 atom stereocenters. The third-order valence-corrected chi connectivity index (χ3v) is 4.51. The van der Waals surface area contributed by atoms with Crippen LogP contribution in [0.1, 0.15) is 27.6 Å². The molecule has 1 aliphatic rings. The molecule has 2 aromatic rings. The van der Waals surface area contributed by atoms with Crippen molar-refractivity contribution >= 4 is 34.4 Å². The molecule has 122 valence electrons. The summed E-state index contributed by atoms with van der Waals surface area (Å²) in [6, 6.07) is 16.3. The van der Waals surface area contributed by atoms with E-state index in [2.05, 4.69) is 4.99 Å². The Bertz CT molecular complexity index is 770. The second kappa shape index (κ2) is 6.88. The van der Waals surface area contributed by atoms with Crippen LogP contribution in [0.2, 0.25) is 0 Å². The standard InChI is InChI=1S/C18H17N3O2S/c1-3-24-18(19-13-9-5-4-6-10-13)20(2)21-16(22)14-11-7-8-12-15(14)17(21)23/h4-12H,3H2,1-2H3. The van der Waals surface area contributed by atoms with Crippen LogP contribution in [0.3, 0.4) is 0 Å². The van der Waals surface area contributed by atoms with Crippen LogP contribution in [0.25, 0.3) is 0 Å². The SMILES string of the molecule is CCSC(=Nc1ccccc1)N(C)N1C(=O)c2ccccc2C1=O. The van der Waals surface area contributed by atoms with Crippen LogP contribution < -0.4 is 0 Å². The van der Waals surface area contributed by atoms with E-state index in [4.69, 9.17) is 0 Å². The summed E-state index contributed by atoms with van der Waals surface area (Å²) >= 11 is 1.48. The maximum absolute atomic E-state index is 12.6. The molecule has 1 heterocycles. The number of aliphatic imine (C=N–C) groups is 1. The number of rotatable bonds is 3.